The second kappa shape index (κ2) is 10.4. The van der Waals surface area contributed by atoms with Crippen molar-refractivity contribution in [1.29, 1.82) is 0 Å². The summed E-state index contributed by atoms with van der Waals surface area (Å²) in [6.45, 7) is 3.39. The molecule has 6 nitrogen and oxygen atoms in total. The Kier molecular flexibility index (Phi) is 7.66. The Bertz CT molecular complexity index is 833. The third kappa shape index (κ3) is 5.71. The molecule has 0 radical (unpaired) electrons. The highest BCUT2D eigenvalue weighted by molar-refractivity contribution is 5.81. The first-order valence-electron chi connectivity index (χ1n) is 11.0. The Labute approximate surface area is 179 Å². The van der Waals surface area contributed by atoms with Gasteiger partial charge in [-0.15, -0.1) is 0 Å². The lowest BCUT2D eigenvalue weighted by atomic mass is 9.75. The first-order valence-corrected chi connectivity index (χ1v) is 11.0. The molecule has 1 aromatic heterocycles. The summed E-state index contributed by atoms with van der Waals surface area (Å²) in [7, 11) is 1.87. The summed E-state index contributed by atoms with van der Waals surface area (Å²) in [4.78, 5) is 27.7. The van der Waals surface area contributed by atoms with Gasteiger partial charge in [-0.1, -0.05) is 30.3 Å². The van der Waals surface area contributed by atoms with E-state index >= 15 is 0 Å². The van der Waals surface area contributed by atoms with E-state index in [1.165, 1.54) is 5.56 Å². The summed E-state index contributed by atoms with van der Waals surface area (Å²) in [5.41, 5.74) is 1.74. The first-order chi connectivity index (χ1) is 14.5. The molecular weight excluding hydrogens is 378 g/mol. The molecule has 2 heterocycles. The maximum Gasteiger partial charge on any atom is 0.313 e. The number of nitrogens with zero attached hydrogens (tertiary/aromatic N) is 3. The molecule has 0 saturated carbocycles. The molecular formula is C24H33N3O3. The molecule has 2 aromatic rings. The van der Waals surface area contributed by atoms with Gasteiger partial charge in [-0.25, -0.2) is 0 Å². The maximum absolute atomic E-state index is 12.9. The average Bonchev–Trinajstić information content (AvgIpc) is 3.18. The van der Waals surface area contributed by atoms with E-state index in [4.69, 9.17) is 4.74 Å². The number of piperidine rings is 1. The van der Waals surface area contributed by atoms with Gasteiger partial charge in [0.05, 0.1) is 18.2 Å². The molecule has 1 aliphatic heterocycles. The molecule has 0 bridgehead atoms. The van der Waals surface area contributed by atoms with Crippen molar-refractivity contribution in [3.63, 3.8) is 0 Å². The number of benzene rings is 1. The predicted octanol–water partition coefficient (Wildman–Crippen LogP) is 3.55. The van der Waals surface area contributed by atoms with E-state index in [-0.39, 0.29) is 11.9 Å². The van der Waals surface area contributed by atoms with Crippen LogP contribution in [0.3, 0.4) is 0 Å². The van der Waals surface area contributed by atoms with E-state index in [1.54, 1.807) is 10.9 Å². The number of ether oxygens (including phenoxy) is 1. The Morgan fingerprint density at radius 3 is 2.67 bits per heavy atom. The van der Waals surface area contributed by atoms with Gasteiger partial charge >= 0.3 is 5.97 Å². The van der Waals surface area contributed by atoms with E-state index in [1.807, 2.05) is 43.3 Å². The van der Waals surface area contributed by atoms with E-state index < -0.39 is 5.41 Å². The number of rotatable bonds is 9. The van der Waals surface area contributed by atoms with Gasteiger partial charge in [0, 0.05) is 32.8 Å². The Morgan fingerprint density at radius 2 is 1.97 bits per heavy atom. The van der Waals surface area contributed by atoms with E-state index in [0.29, 0.717) is 32.5 Å². The van der Waals surface area contributed by atoms with Crippen LogP contribution in [0.2, 0.25) is 0 Å². The highest BCUT2D eigenvalue weighted by Gasteiger charge is 2.44. The summed E-state index contributed by atoms with van der Waals surface area (Å²) in [6, 6.07) is 10.3. The minimum absolute atomic E-state index is 0.107. The van der Waals surface area contributed by atoms with Crippen LogP contribution in [0.5, 0.6) is 0 Å². The Hall–Kier alpha value is -2.63. The summed E-state index contributed by atoms with van der Waals surface area (Å²) in [5.74, 6) is -0.0434. The van der Waals surface area contributed by atoms with Crippen LogP contribution < -0.4 is 0 Å². The number of likely N-dealkylation sites (tertiary alicyclic amines) is 1. The van der Waals surface area contributed by atoms with E-state index in [2.05, 4.69) is 17.2 Å². The maximum atomic E-state index is 12.9. The summed E-state index contributed by atoms with van der Waals surface area (Å²) in [5, 5.41) is 4.16. The summed E-state index contributed by atoms with van der Waals surface area (Å²) in [6.07, 6.45) is 9.05. The first kappa shape index (κ1) is 22.1. The van der Waals surface area contributed by atoms with Crippen molar-refractivity contribution in [3.8, 4) is 0 Å². The zero-order chi connectivity index (χ0) is 21.4. The molecule has 1 fully saturated rings. The number of amides is 1. The molecule has 0 aliphatic carbocycles. The highest BCUT2D eigenvalue weighted by atomic mass is 16.5. The number of aromatic nitrogens is 2. The number of esters is 1. The quantitative estimate of drug-likeness (QED) is 0.592. The topological polar surface area (TPSA) is 64.4 Å². The molecule has 1 aromatic carbocycles. The third-order valence-corrected chi connectivity index (χ3v) is 5.99. The van der Waals surface area contributed by atoms with Crippen molar-refractivity contribution in [1.82, 2.24) is 14.7 Å². The largest absolute Gasteiger partial charge is 0.466 e. The number of hydrogen-bond donors (Lipinski definition) is 0. The minimum atomic E-state index is -0.590. The molecule has 6 heteroatoms. The fourth-order valence-electron chi connectivity index (χ4n) is 4.39. The molecule has 1 amide bonds. The van der Waals surface area contributed by atoms with Gasteiger partial charge < -0.3 is 9.64 Å². The van der Waals surface area contributed by atoms with Crippen LogP contribution in [0.15, 0.2) is 42.7 Å². The molecule has 1 unspecified atom stereocenters. The third-order valence-electron chi connectivity index (χ3n) is 5.99. The molecule has 0 N–H and O–H groups in total. The van der Waals surface area contributed by atoms with Crippen LogP contribution in [-0.2, 0) is 34.2 Å². The van der Waals surface area contributed by atoms with Crippen molar-refractivity contribution in [2.75, 3.05) is 19.7 Å². The van der Waals surface area contributed by atoms with Crippen molar-refractivity contribution >= 4 is 11.9 Å². The highest BCUT2D eigenvalue weighted by Crippen LogP contribution is 2.37. The van der Waals surface area contributed by atoms with Gasteiger partial charge in [-0.3, -0.25) is 14.3 Å². The normalized spacial score (nSPS) is 18.9. The number of aryl methyl sites for hydroxylation is 3. The lowest BCUT2D eigenvalue weighted by molar-refractivity contribution is -0.161. The molecule has 1 atom stereocenters. The number of carbonyl (C=O) groups excluding carboxylic acids is 2. The van der Waals surface area contributed by atoms with Gasteiger partial charge in [0.1, 0.15) is 0 Å². The van der Waals surface area contributed by atoms with Crippen LogP contribution in [0, 0.1) is 5.41 Å². The standard InChI is InChI=1S/C24H33N3O3/c1-3-30-23(29)24(14-7-11-20-9-5-4-6-10-20)15-8-16-27(19-24)22(28)13-12-21-17-25-26(2)18-21/h4-6,9-10,17-18H,3,7-8,11-16,19H2,1-2H3. The predicted molar refractivity (Wildman–Crippen MR) is 116 cm³/mol. The van der Waals surface area contributed by atoms with Crippen LogP contribution >= 0.6 is 0 Å². The average molecular weight is 412 g/mol. The van der Waals surface area contributed by atoms with Crippen LogP contribution in [0.1, 0.15) is 50.2 Å². The van der Waals surface area contributed by atoms with Gasteiger partial charge in [0.15, 0.2) is 0 Å². The minimum Gasteiger partial charge on any atom is -0.466 e. The lowest BCUT2D eigenvalue weighted by Gasteiger charge is -2.41. The Balaban J connectivity index is 1.62. The van der Waals surface area contributed by atoms with Gasteiger partial charge in [0.25, 0.3) is 0 Å². The zero-order valence-electron chi connectivity index (χ0n) is 18.2. The molecule has 0 spiro atoms. The molecule has 3 rings (SSSR count). The monoisotopic (exact) mass is 411 g/mol. The summed E-state index contributed by atoms with van der Waals surface area (Å²) >= 11 is 0. The second-order valence-electron chi connectivity index (χ2n) is 8.28. The molecule has 1 saturated heterocycles. The fraction of sp³-hybridized carbons (Fsp3) is 0.542. The van der Waals surface area contributed by atoms with Crippen molar-refractivity contribution in [3.05, 3.63) is 53.9 Å². The lowest BCUT2D eigenvalue weighted by Crippen LogP contribution is -2.50. The van der Waals surface area contributed by atoms with Crippen LogP contribution in [0.25, 0.3) is 0 Å². The van der Waals surface area contributed by atoms with Crippen molar-refractivity contribution in [2.45, 2.75) is 51.9 Å². The number of carbonyl (C=O) groups is 2. The molecule has 1 aliphatic rings. The SMILES string of the molecule is CCOC(=O)C1(CCCc2ccccc2)CCCN(C(=O)CCc2cnn(C)c2)C1. The fourth-order valence-corrected chi connectivity index (χ4v) is 4.39. The van der Waals surface area contributed by atoms with Gasteiger partial charge in [0.2, 0.25) is 5.91 Å². The van der Waals surface area contributed by atoms with Gasteiger partial charge in [-0.2, -0.15) is 5.10 Å². The Morgan fingerprint density at radius 1 is 1.17 bits per heavy atom. The van der Waals surface area contributed by atoms with E-state index in [9.17, 15) is 9.59 Å². The molecule has 162 valence electrons. The van der Waals surface area contributed by atoms with Crippen molar-refractivity contribution in [2.24, 2.45) is 12.5 Å². The van der Waals surface area contributed by atoms with Crippen LogP contribution in [-0.4, -0.2) is 46.3 Å². The smallest absolute Gasteiger partial charge is 0.313 e. The molecule has 30 heavy (non-hydrogen) atoms. The van der Waals surface area contributed by atoms with Crippen LogP contribution in [0.4, 0.5) is 0 Å². The number of hydrogen-bond acceptors (Lipinski definition) is 4. The van der Waals surface area contributed by atoms with Gasteiger partial charge in [-0.05, 0) is 56.6 Å². The zero-order valence-corrected chi connectivity index (χ0v) is 18.2. The van der Waals surface area contributed by atoms with Crippen molar-refractivity contribution < 1.29 is 14.3 Å². The second-order valence-corrected chi connectivity index (χ2v) is 8.28. The summed E-state index contributed by atoms with van der Waals surface area (Å²) < 4.78 is 7.21. The van der Waals surface area contributed by atoms with E-state index in [0.717, 1.165) is 37.7 Å².